The van der Waals surface area contributed by atoms with Crippen molar-refractivity contribution in [2.45, 2.75) is 32.9 Å². The molecule has 2 heterocycles. The fraction of sp³-hybridized carbons (Fsp3) is 0.286. The normalized spacial score (nSPS) is 11.7. The summed E-state index contributed by atoms with van der Waals surface area (Å²) in [6.45, 7) is 4.84. The molecule has 3 aromatic rings. The van der Waals surface area contributed by atoms with E-state index < -0.39 is 0 Å². The summed E-state index contributed by atoms with van der Waals surface area (Å²) in [4.78, 5) is 13.7. The summed E-state index contributed by atoms with van der Waals surface area (Å²) in [6, 6.07) is 15.9. The van der Waals surface area contributed by atoms with E-state index in [0.29, 0.717) is 12.5 Å². The number of methoxy groups -OCH3 is 1. The molecule has 0 aliphatic heterocycles. The molecule has 0 spiro atoms. The molecular formula is C21H25N5O. The number of aromatic nitrogens is 3. The Morgan fingerprint density at radius 3 is 2.59 bits per heavy atom. The van der Waals surface area contributed by atoms with E-state index in [-0.39, 0.29) is 6.04 Å². The van der Waals surface area contributed by atoms with Gasteiger partial charge >= 0.3 is 0 Å². The Kier molecular flexibility index (Phi) is 6.20. The molecule has 0 bridgehead atoms. The third-order valence-electron chi connectivity index (χ3n) is 4.29. The van der Waals surface area contributed by atoms with Crippen LogP contribution in [-0.2, 0) is 6.54 Å². The predicted octanol–water partition coefficient (Wildman–Crippen LogP) is 4.37. The van der Waals surface area contributed by atoms with Gasteiger partial charge in [0.05, 0.1) is 18.5 Å². The van der Waals surface area contributed by atoms with Gasteiger partial charge in [-0.1, -0.05) is 31.2 Å². The van der Waals surface area contributed by atoms with Gasteiger partial charge in [-0.15, -0.1) is 0 Å². The summed E-state index contributed by atoms with van der Waals surface area (Å²) < 4.78 is 5.42. The Balaban J connectivity index is 1.87. The zero-order valence-corrected chi connectivity index (χ0v) is 15.9. The molecule has 0 fully saturated rings. The second-order valence-corrected chi connectivity index (χ2v) is 6.30. The van der Waals surface area contributed by atoms with Crippen LogP contribution in [0.3, 0.4) is 0 Å². The SMILES string of the molecule is CC[C@@H](C)Nc1nc(NCc2ccccc2OC)cc(-c2ccccn2)n1. The van der Waals surface area contributed by atoms with E-state index in [1.165, 1.54) is 0 Å². The first-order valence-electron chi connectivity index (χ1n) is 9.12. The Labute approximate surface area is 160 Å². The molecular weight excluding hydrogens is 338 g/mol. The highest BCUT2D eigenvalue weighted by atomic mass is 16.5. The molecule has 0 saturated carbocycles. The second-order valence-electron chi connectivity index (χ2n) is 6.30. The zero-order valence-electron chi connectivity index (χ0n) is 15.9. The fourth-order valence-electron chi connectivity index (χ4n) is 2.61. The number of para-hydroxylation sites is 1. The minimum atomic E-state index is 0.283. The lowest BCUT2D eigenvalue weighted by Gasteiger charge is -2.15. The van der Waals surface area contributed by atoms with Gasteiger partial charge in [-0.25, -0.2) is 4.98 Å². The van der Waals surface area contributed by atoms with E-state index in [2.05, 4.69) is 39.4 Å². The van der Waals surface area contributed by atoms with Crippen molar-refractivity contribution in [3.8, 4) is 17.1 Å². The summed E-state index contributed by atoms with van der Waals surface area (Å²) >= 11 is 0. The summed E-state index contributed by atoms with van der Waals surface area (Å²) in [5.41, 5.74) is 2.65. The zero-order chi connectivity index (χ0) is 19.1. The number of pyridine rings is 1. The molecule has 1 aromatic carbocycles. The first-order chi connectivity index (χ1) is 13.2. The lowest BCUT2D eigenvalue weighted by atomic mass is 10.2. The van der Waals surface area contributed by atoms with Crippen molar-refractivity contribution in [2.24, 2.45) is 0 Å². The third kappa shape index (κ3) is 4.94. The molecule has 0 radical (unpaired) electrons. The maximum atomic E-state index is 5.42. The molecule has 140 valence electrons. The highest BCUT2D eigenvalue weighted by Crippen LogP contribution is 2.22. The lowest BCUT2D eigenvalue weighted by molar-refractivity contribution is 0.410. The monoisotopic (exact) mass is 363 g/mol. The van der Waals surface area contributed by atoms with Crippen molar-refractivity contribution in [3.63, 3.8) is 0 Å². The Hall–Kier alpha value is -3.15. The summed E-state index contributed by atoms with van der Waals surface area (Å²) in [7, 11) is 1.68. The molecule has 1 atom stereocenters. The highest BCUT2D eigenvalue weighted by Gasteiger charge is 2.10. The first-order valence-corrected chi connectivity index (χ1v) is 9.12. The van der Waals surface area contributed by atoms with Crippen molar-refractivity contribution in [1.29, 1.82) is 0 Å². The van der Waals surface area contributed by atoms with Crippen LogP contribution in [0.25, 0.3) is 11.4 Å². The van der Waals surface area contributed by atoms with Crippen molar-refractivity contribution >= 4 is 11.8 Å². The number of rotatable bonds is 8. The predicted molar refractivity (Wildman–Crippen MR) is 109 cm³/mol. The minimum Gasteiger partial charge on any atom is -0.496 e. The van der Waals surface area contributed by atoms with Gasteiger partial charge in [0, 0.05) is 30.4 Å². The van der Waals surface area contributed by atoms with Crippen LogP contribution >= 0.6 is 0 Å². The topological polar surface area (TPSA) is 72.0 Å². The molecule has 0 unspecified atom stereocenters. The van der Waals surface area contributed by atoms with Crippen LogP contribution in [0.15, 0.2) is 54.7 Å². The van der Waals surface area contributed by atoms with Gasteiger partial charge in [0.1, 0.15) is 11.6 Å². The van der Waals surface area contributed by atoms with E-state index in [4.69, 9.17) is 4.74 Å². The summed E-state index contributed by atoms with van der Waals surface area (Å²) in [5, 5.41) is 6.73. The maximum absolute atomic E-state index is 5.42. The number of anilines is 2. The van der Waals surface area contributed by atoms with Crippen LogP contribution in [0.5, 0.6) is 5.75 Å². The highest BCUT2D eigenvalue weighted by molar-refractivity contribution is 5.61. The molecule has 0 aliphatic rings. The minimum absolute atomic E-state index is 0.283. The van der Waals surface area contributed by atoms with Gasteiger partial charge in [-0.3, -0.25) is 4.98 Å². The number of benzene rings is 1. The molecule has 3 rings (SSSR count). The van der Waals surface area contributed by atoms with E-state index in [0.717, 1.165) is 34.9 Å². The van der Waals surface area contributed by atoms with E-state index in [1.54, 1.807) is 13.3 Å². The molecule has 0 saturated heterocycles. The van der Waals surface area contributed by atoms with Crippen LogP contribution in [0.2, 0.25) is 0 Å². The van der Waals surface area contributed by atoms with Gasteiger partial charge in [-0.05, 0) is 31.5 Å². The van der Waals surface area contributed by atoms with Gasteiger partial charge in [0.15, 0.2) is 0 Å². The second kappa shape index (κ2) is 8.98. The van der Waals surface area contributed by atoms with Crippen LogP contribution in [0.1, 0.15) is 25.8 Å². The fourth-order valence-corrected chi connectivity index (χ4v) is 2.61. The van der Waals surface area contributed by atoms with Crippen LogP contribution in [0.4, 0.5) is 11.8 Å². The Morgan fingerprint density at radius 1 is 1.04 bits per heavy atom. The smallest absolute Gasteiger partial charge is 0.225 e. The molecule has 6 nitrogen and oxygen atoms in total. The van der Waals surface area contributed by atoms with Crippen LogP contribution in [-0.4, -0.2) is 28.1 Å². The van der Waals surface area contributed by atoms with Crippen LogP contribution < -0.4 is 15.4 Å². The van der Waals surface area contributed by atoms with E-state index >= 15 is 0 Å². The number of hydrogen-bond donors (Lipinski definition) is 2. The number of nitrogens with one attached hydrogen (secondary N) is 2. The molecule has 0 aliphatic carbocycles. The third-order valence-corrected chi connectivity index (χ3v) is 4.29. The standard InChI is InChI=1S/C21H25N5O/c1-4-15(2)24-21-25-18(17-10-7-8-12-22-17)13-20(26-21)23-14-16-9-5-6-11-19(16)27-3/h5-13,15H,4,14H2,1-3H3,(H2,23,24,25,26)/t15-/m1/s1. The van der Waals surface area contributed by atoms with Gasteiger partial charge < -0.3 is 15.4 Å². The van der Waals surface area contributed by atoms with Crippen molar-refractivity contribution < 1.29 is 4.74 Å². The van der Waals surface area contributed by atoms with Gasteiger partial charge in [0.25, 0.3) is 0 Å². The average Bonchev–Trinajstić information content (AvgIpc) is 2.72. The summed E-state index contributed by atoms with van der Waals surface area (Å²) in [5.74, 6) is 2.18. The number of nitrogens with zero attached hydrogens (tertiary/aromatic N) is 3. The molecule has 2 N–H and O–H groups in total. The number of hydrogen-bond acceptors (Lipinski definition) is 6. The van der Waals surface area contributed by atoms with Crippen LogP contribution in [0, 0.1) is 0 Å². The Morgan fingerprint density at radius 2 is 1.85 bits per heavy atom. The van der Waals surface area contributed by atoms with Crippen molar-refractivity contribution in [2.75, 3.05) is 17.7 Å². The van der Waals surface area contributed by atoms with Gasteiger partial charge in [0.2, 0.25) is 5.95 Å². The van der Waals surface area contributed by atoms with E-state index in [1.807, 2.05) is 48.5 Å². The Bertz CT molecular complexity index is 869. The summed E-state index contributed by atoms with van der Waals surface area (Å²) in [6.07, 6.45) is 2.75. The maximum Gasteiger partial charge on any atom is 0.225 e. The van der Waals surface area contributed by atoms with E-state index in [9.17, 15) is 0 Å². The molecule has 0 amide bonds. The number of ether oxygens (including phenoxy) is 1. The molecule has 6 heteroatoms. The molecule has 27 heavy (non-hydrogen) atoms. The largest absolute Gasteiger partial charge is 0.496 e. The van der Waals surface area contributed by atoms with Crippen molar-refractivity contribution in [3.05, 3.63) is 60.3 Å². The molecule has 2 aromatic heterocycles. The average molecular weight is 363 g/mol. The first kappa shape index (κ1) is 18.6. The van der Waals surface area contributed by atoms with Crippen molar-refractivity contribution in [1.82, 2.24) is 15.0 Å². The quantitative estimate of drug-likeness (QED) is 0.619. The van der Waals surface area contributed by atoms with Gasteiger partial charge in [-0.2, -0.15) is 4.98 Å². The lowest BCUT2D eigenvalue weighted by Crippen LogP contribution is -2.16.